The van der Waals surface area contributed by atoms with Crippen molar-refractivity contribution in [2.24, 2.45) is 17.8 Å². The lowest BCUT2D eigenvalue weighted by Crippen LogP contribution is -2.35. The number of fused-ring (bicyclic) bond motifs is 2. The molecule has 0 heterocycles. The van der Waals surface area contributed by atoms with Gasteiger partial charge in [0, 0.05) is 6.54 Å². The number of methoxy groups -OCH3 is 1. The third-order valence-corrected chi connectivity index (χ3v) is 5.47. The van der Waals surface area contributed by atoms with E-state index in [9.17, 15) is 4.39 Å². The molecule has 0 aliphatic heterocycles. The van der Waals surface area contributed by atoms with Crippen LogP contribution in [-0.4, -0.2) is 32.6 Å². The van der Waals surface area contributed by atoms with Crippen molar-refractivity contribution in [1.29, 1.82) is 0 Å². The second kappa shape index (κ2) is 7.18. The zero-order valence-electron chi connectivity index (χ0n) is 13.7. The van der Waals surface area contributed by atoms with Crippen LogP contribution in [0.15, 0.2) is 18.2 Å². The first-order chi connectivity index (χ1) is 10.1. The molecule has 3 rings (SSSR count). The van der Waals surface area contributed by atoms with Gasteiger partial charge in [0.25, 0.3) is 0 Å². The number of hydrogen-bond donors (Lipinski definition) is 0. The van der Waals surface area contributed by atoms with Crippen LogP contribution in [0.4, 0.5) is 4.39 Å². The van der Waals surface area contributed by atoms with Crippen LogP contribution >= 0.6 is 12.4 Å². The quantitative estimate of drug-likeness (QED) is 0.815. The molecule has 2 saturated carbocycles. The maximum Gasteiger partial charge on any atom is 0.126 e. The summed E-state index contributed by atoms with van der Waals surface area (Å²) in [7, 11) is 5.90. The zero-order chi connectivity index (χ0) is 15.0. The Balaban J connectivity index is 0.00000176. The summed E-state index contributed by atoms with van der Waals surface area (Å²) in [5.74, 6) is 3.18. The smallest absolute Gasteiger partial charge is 0.126 e. The molecule has 4 heteroatoms. The summed E-state index contributed by atoms with van der Waals surface area (Å²) in [5.41, 5.74) is 0.873. The lowest BCUT2D eigenvalue weighted by molar-refractivity contribution is 0.162. The summed E-state index contributed by atoms with van der Waals surface area (Å²) in [4.78, 5) is 2.26. The predicted octanol–water partition coefficient (Wildman–Crippen LogP) is 4.34. The molecule has 0 radical (unpaired) electrons. The Morgan fingerprint density at radius 3 is 2.68 bits per heavy atom. The molecule has 0 spiro atoms. The second-order valence-corrected chi connectivity index (χ2v) is 7.09. The van der Waals surface area contributed by atoms with Crippen LogP contribution in [-0.2, 0) is 0 Å². The fraction of sp³-hybridized carbons (Fsp3) is 0.667. The van der Waals surface area contributed by atoms with Crippen molar-refractivity contribution in [3.05, 3.63) is 29.6 Å². The molecule has 2 nitrogen and oxygen atoms in total. The first-order valence-corrected chi connectivity index (χ1v) is 8.06. The zero-order valence-corrected chi connectivity index (χ0v) is 14.5. The fourth-order valence-corrected chi connectivity index (χ4v) is 4.57. The van der Waals surface area contributed by atoms with E-state index in [0.717, 1.165) is 36.1 Å². The van der Waals surface area contributed by atoms with E-state index in [2.05, 4.69) is 19.0 Å². The largest absolute Gasteiger partial charge is 0.497 e. The Kier molecular flexibility index (Phi) is 5.73. The molecule has 1 aromatic rings. The highest BCUT2D eigenvalue weighted by atomic mass is 35.5. The summed E-state index contributed by atoms with van der Waals surface area (Å²) in [6.45, 7) is 1.05. The molecule has 0 saturated heterocycles. The third kappa shape index (κ3) is 3.41. The van der Waals surface area contributed by atoms with Crippen LogP contribution in [0.3, 0.4) is 0 Å². The SMILES string of the molecule is COc1ccc(F)c(C2CC3CCC(C3)C2CN(C)C)c1.Cl. The van der Waals surface area contributed by atoms with E-state index >= 15 is 0 Å². The average Bonchev–Trinajstić information content (AvgIpc) is 2.85. The van der Waals surface area contributed by atoms with Crippen molar-refractivity contribution in [3.8, 4) is 5.75 Å². The van der Waals surface area contributed by atoms with Crippen LogP contribution in [0, 0.1) is 23.6 Å². The monoisotopic (exact) mass is 327 g/mol. The molecule has 4 unspecified atom stereocenters. The molecule has 124 valence electrons. The number of nitrogens with zero attached hydrogens (tertiary/aromatic N) is 1. The Morgan fingerprint density at radius 1 is 1.23 bits per heavy atom. The molecule has 4 atom stereocenters. The molecule has 2 fully saturated rings. The minimum absolute atomic E-state index is 0. The molecule has 2 aliphatic carbocycles. The van der Waals surface area contributed by atoms with Crippen LogP contribution < -0.4 is 4.74 Å². The fourth-order valence-electron chi connectivity index (χ4n) is 4.57. The number of benzene rings is 1. The van der Waals surface area contributed by atoms with Crippen molar-refractivity contribution < 1.29 is 9.13 Å². The van der Waals surface area contributed by atoms with Gasteiger partial charge in [-0.15, -0.1) is 12.4 Å². The van der Waals surface area contributed by atoms with E-state index in [1.807, 2.05) is 6.07 Å². The number of rotatable bonds is 4. The minimum Gasteiger partial charge on any atom is -0.497 e. The van der Waals surface area contributed by atoms with Gasteiger partial charge in [0.2, 0.25) is 0 Å². The molecule has 0 aromatic heterocycles. The predicted molar refractivity (Wildman–Crippen MR) is 90.4 cm³/mol. The lowest BCUT2D eigenvalue weighted by Gasteiger charge is -2.38. The van der Waals surface area contributed by atoms with Gasteiger partial charge in [0.15, 0.2) is 0 Å². The summed E-state index contributed by atoms with van der Waals surface area (Å²) >= 11 is 0. The van der Waals surface area contributed by atoms with Crippen molar-refractivity contribution >= 4 is 12.4 Å². The van der Waals surface area contributed by atoms with Gasteiger partial charge in [-0.05, 0) is 80.8 Å². The van der Waals surface area contributed by atoms with E-state index in [1.165, 1.54) is 19.3 Å². The van der Waals surface area contributed by atoms with Crippen LogP contribution in [0.1, 0.15) is 37.2 Å². The topological polar surface area (TPSA) is 12.5 Å². The molecule has 0 amide bonds. The Morgan fingerprint density at radius 2 is 2.00 bits per heavy atom. The third-order valence-electron chi connectivity index (χ3n) is 5.47. The van der Waals surface area contributed by atoms with Gasteiger partial charge < -0.3 is 9.64 Å². The van der Waals surface area contributed by atoms with Crippen LogP contribution in [0.25, 0.3) is 0 Å². The highest BCUT2D eigenvalue weighted by Crippen LogP contribution is 2.52. The van der Waals surface area contributed by atoms with E-state index < -0.39 is 0 Å². The average molecular weight is 328 g/mol. The molecular formula is C18H27ClFNO. The summed E-state index contributed by atoms with van der Waals surface area (Å²) in [6.07, 6.45) is 5.14. The first kappa shape index (κ1) is 17.6. The molecule has 22 heavy (non-hydrogen) atoms. The lowest BCUT2D eigenvalue weighted by atomic mass is 9.69. The first-order valence-electron chi connectivity index (χ1n) is 8.06. The summed E-state index contributed by atoms with van der Waals surface area (Å²) in [6, 6.07) is 5.21. The normalized spacial score (nSPS) is 30.2. The Labute approximate surface area is 139 Å². The van der Waals surface area contributed by atoms with Gasteiger partial charge in [-0.3, -0.25) is 0 Å². The van der Waals surface area contributed by atoms with E-state index in [0.29, 0.717) is 11.8 Å². The summed E-state index contributed by atoms with van der Waals surface area (Å²) < 4.78 is 19.7. The van der Waals surface area contributed by atoms with Gasteiger partial charge in [-0.1, -0.05) is 6.42 Å². The van der Waals surface area contributed by atoms with E-state index in [4.69, 9.17) is 4.74 Å². The van der Waals surface area contributed by atoms with Crippen molar-refractivity contribution in [2.45, 2.75) is 31.6 Å². The van der Waals surface area contributed by atoms with E-state index in [1.54, 1.807) is 19.2 Å². The Hall–Kier alpha value is -0.800. The van der Waals surface area contributed by atoms with E-state index in [-0.39, 0.29) is 18.2 Å². The van der Waals surface area contributed by atoms with Gasteiger partial charge in [-0.25, -0.2) is 4.39 Å². The highest BCUT2D eigenvalue weighted by Gasteiger charge is 2.43. The van der Waals surface area contributed by atoms with Crippen molar-refractivity contribution in [1.82, 2.24) is 4.90 Å². The number of hydrogen-bond acceptors (Lipinski definition) is 2. The van der Waals surface area contributed by atoms with Crippen molar-refractivity contribution in [2.75, 3.05) is 27.7 Å². The second-order valence-electron chi connectivity index (χ2n) is 7.09. The molecular weight excluding hydrogens is 301 g/mol. The summed E-state index contributed by atoms with van der Waals surface area (Å²) in [5, 5.41) is 0. The maximum absolute atomic E-state index is 14.4. The number of ether oxygens (including phenoxy) is 1. The highest BCUT2D eigenvalue weighted by molar-refractivity contribution is 5.85. The standard InChI is InChI=1S/C18H26FNO.ClH/c1-20(2)11-17-13-5-4-12(8-13)9-15(17)16-10-14(21-3)6-7-18(16)19;/h6-7,10,12-13,15,17H,4-5,8-9,11H2,1-3H3;1H. The molecule has 2 bridgehead atoms. The minimum atomic E-state index is -0.0640. The van der Waals surface area contributed by atoms with Gasteiger partial charge in [0.05, 0.1) is 7.11 Å². The van der Waals surface area contributed by atoms with Crippen LogP contribution in [0.2, 0.25) is 0 Å². The maximum atomic E-state index is 14.4. The van der Waals surface area contributed by atoms with Gasteiger partial charge in [-0.2, -0.15) is 0 Å². The van der Waals surface area contributed by atoms with Gasteiger partial charge >= 0.3 is 0 Å². The van der Waals surface area contributed by atoms with Crippen molar-refractivity contribution in [3.63, 3.8) is 0 Å². The molecule has 0 N–H and O–H groups in total. The molecule has 2 aliphatic rings. The Bertz CT molecular complexity index is 508. The number of halogens is 2. The van der Waals surface area contributed by atoms with Crippen LogP contribution in [0.5, 0.6) is 5.75 Å². The molecule has 1 aromatic carbocycles. The van der Waals surface area contributed by atoms with Gasteiger partial charge in [0.1, 0.15) is 11.6 Å².